The maximum absolute atomic E-state index is 5.95. The SMILES string of the molecule is COc1cc(Cl)ccc1-c1noc(CC2CCCN2)n1. The third kappa shape index (κ3) is 2.78. The number of ether oxygens (including phenoxy) is 1. The quantitative estimate of drug-likeness (QED) is 0.939. The molecule has 0 saturated carbocycles. The Kier molecular flexibility index (Phi) is 3.89. The third-order valence-electron chi connectivity index (χ3n) is 3.46. The van der Waals surface area contributed by atoms with Gasteiger partial charge in [0.25, 0.3) is 0 Å². The van der Waals surface area contributed by atoms with Gasteiger partial charge < -0.3 is 14.6 Å². The molecule has 5 nitrogen and oxygen atoms in total. The second kappa shape index (κ2) is 5.81. The van der Waals surface area contributed by atoms with Crippen molar-refractivity contribution in [1.82, 2.24) is 15.5 Å². The summed E-state index contributed by atoms with van der Waals surface area (Å²) in [4.78, 5) is 4.44. The van der Waals surface area contributed by atoms with E-state index in [4.69, 9.17) is 20.9 Å². The van der Waals surface area contributed by atoms with Crippen LogP contribution in [0.25, 0.3) is 11.4 Å². The molecule has 1 unspecified atom stereocenters. The van der Waals surface area contributed by atoms with Crippen molar-refractivity contribution in [2.24, 2.45) is 0 Å². The zero-order chi connectivity index (χ0) is 13.9. The number of hydrogen-bond acceptors (Lipinski definition) is 5. The van der Waals surface area contributed by atoms with Crippen molar-refractivity contribution in [1.29, 1.82) is 0 Å². The number of nitrogens with zero attached hydrogens (tertiary/aromatic N) is 2. The fourth-order valence-corrected chi connectivity index (χ4v) is 2.60. The average molecular weight is 294 g/mol. The number of hydrogen-bond donors (Lipinski definition) is 1. The zero-order valence-electron chi connectivity index (χ0n) is 11.2. The first kappa shape index (κ1) is 13.4. The van der Waals surface area contributed by atoms with Gasteiger partial charge >= 0.3 is 0 Å². The summed E-state index contributed by atoms with van der Waals surface area (Å²) < 4.78 is 10.6. The molecule has 1 saturated heterocycles. The summed E-state index contributed by atoms with van der Waals surface area (Å²) in [6.45, 7) is 1.07. The molecule has 0 bridgehead atoms. The van der Waals surface area contributed by atoms with E-state index in [0.29, 0.717) is 28.5 Å². The third-order valence-corrected chi connectivity index (χ3v) is 3.69. The first-order valence-corrected chi connectivity index (χ1v) is 7.04. The number of nitrogens with one attached hydrogen (secondary N) is 1. The summed E-state index contributed by atoms with van der Waals surface area (Å²) in [7, 11) is 1.60. The van der Waals surface area contributed by atoms with Crippen LogP contribution in [0.5, 0.6) is 5.75 Å². The van der Waals surface area contributed by atoms with Crippen LogP contribution >= 0.6 is 11.6 Å². The highest BCUT2D eigenvalue weighted by molar-refractivity contribution is 6.30. The minimum Gasteiger partial charge on any atom is -0.496 e. The predicted molar refractivity (Wildman–Crippen MR) is 76.0 cm³/mol. The van der Waals surface area contributed by atoms with Crippen LogP contribution in [0.15, 0.2) is 22.7 Å². The van der Waals surface area contributed by atoms with E-state index in [1.807, 2.05) is 6.07 Å². The number of rotatable bonds is 4. The van der Waals surface area contributed by atoms with Crippen LogP contribution in [-0.2, 0) is 6.42 Å². The molecule has 106 valence electrons. The van der Waals surface area contributed by atoms with Crippen molar-refractivity contribution in [3.8, 4) is 17.1 Å². The van der Waals surface area contributed by atoms with Gasteiger partial charge in [0.2, 0.25) is 11.7 Å². The Balaban J connectivity index is 1.82. The van der Waals surface area contributed by atoms with E-state index in [1.165, 1.54) is 6.42 Å². The highest BCUT2D eigenvalue weighted by Crippen LogP contribution is 2.30. The van der Waals surface area contributed by atoms with Crippen LogP contribution in [-0.4, -0.2) is 29.8 Å². The van der Waals surface area contributed by atoms with Crippen LogP contribution in [0, 0.1) is 0 Å². The van der Waals surface area contributed by atoms with E-state index in [0.717, 1.165) is 24.9 Å². The lowest BCUT2D eigenvalue weighted by Gasteiger charge is -2.05. The number of methoxy groups -OCH3 is 1. The Morgan fingerprint density at radius 2 is 2.40 bits per heavy atom. The van der Waals surface area contributed by atoms with Crippen molar-refractivity contribution >= 4 is 11.6 Å². The fraction of sp³-hybridized carbons (Fsp3) is 0.429. The van der Waals surface area contributed by atoms with Crippen LogP contribution < -0.4 is 10.1 Å². The van der Waals surface area contributed by atoms with Gasteiger partial charge in [-0.15, -0.1) is 0 Å². The van der Waals surface area contributed by atoms with Gasteiger partial charge in [-0.05, 0) is 37.6 Å². The Labute approximate surface area is 122 Å². The van der Waals surface area contributed by atoms with E-state index in [2.05, 4.69) is 15.5 Å². The molecule has 0 amide bonds. The van der Waals surface area contributed by atoms with E-state index >= 15 is 0 Å². The van der Waals surface area contributed by atoms with Gasteiger partial charge in [-0.25, -0.2) is 0 Å². The molecule has 1 aliphatic rings. The summed E-state index contributed by atoms with van der Waals surface area (Å²) >= 11 is 5.95. The van der Waals surface area contributed by atoms with Crippen LogP contribution in [0.2, 0.25) is 5.02 Å². The maximum Gasteiger partial charge on any atom is 0.228 e. The van der Waals surface area contributed by atoms with E-state index in [1.54, 1.807) is 19.2 Å². The Bertz CT molecular complexity index is 594. The second-order valence-corrected chi connectivity index (χ2v) is 5.29. The molecule has 1 atom stereocenters. The molecule has 2 aromatic rings. The number of aromatic nitrogens is 2. The first-order chi connectivity index (χ1) is 9.76. The van der Waals surface area contributed by atoms with Gasteiger partial charge in [0.15, 0.2) is 0 Å². The molecule has 0 spiro atoms. The predicted octanol–water partition coefficient (Wildman–Crippen LogP) is 2.69. The molecule has 0 aliphatic carbocycles. The lowest BCUT2D eigenvalue weighted by molar-refractivity contribution is 0.364. The van der Waals surface area contributed by atoms with Crippen LogP contribution in [0.4, 0.5) is 0 Å². The van der Waals surface area contributed by atoms with Gasteiger partial charge in [0.05, 0.1) is 12.7 Å². The topological polar surface area (TPSA) is 60.2 Å². The molecule has 20 heavy (non-hydrogen) atoms. The smallest absolute Gasteiger partial charge is 0.228 e. The lowest BCUT2D eigenvalue weighted by Crippen LogP contribution is -2.23. The monoisotopic (exact) mass is 293 g/mol. The summed E-state index contributed by atoms with van der Waals surface area (Å²) in [5.41, 5.74) is 0.784. The summed E-state index contributed by atoms with van der Waals surface area (Å²) in [6, 6.07) is 5.80. The van der Waals surface area contributed by atoms with E-state index in [9.17, 15) is 0 Å². The average Bonchev–Trinajstić information content (AvgIpc) is 3.11. The number of benzene rings is 1. The molecule has 3 rings (SSSR count). The van der Waals surface area contributed by atoms with Crippen molar-refractivity contribution in [2.45, 2.75) is 25.3 Å². The van der Waals surface area contributed by atoms with Crippen molar-refractivity contribution in [3.05, 3.63) is 29.1 Å². The summed E-state index contributed by atoms with van der Waals surface area (Å²) in [5, 5.41) is 8.06. The minimum absolute atomic E-state index is 0.440. The fourth-order valence-electron chi connectivity index (χ4n) is 2.44. The molecular weight excluding hydrogens is 278 g/mol. The zero-order valence-corrected chi connectivity index (χ0v) is 12.0. The number of halogens is 1. The van der Waals surface area contributed by atoms with E-state index < -0.39 is 0 Å². The largest absolute Gasteiger partial charge is 0.496 e. The first-order valence-electron chi connectivity index (χ1n) is 6.66. The Morgan fingerprint density at radius 1 is 1.50 bits per heavy atom. The van der Waals surface area contributed by atoms with Crippen molar-refractivity contribution in [2.75, 3.05) is 13.7 Å². The molecule has 1 N–H and O–H groups in total. The molecule has 2 heterocycles. The molecule has 1 aromatic carbocycles. The highest BCUT2D eigenvalue weighted by Gasteiger charge is 2.19. The van der Waals surface area contributed by atoms with Crippen molar-refractivity contribution < 1.29 is 9.26 Å². The van der Waals surface area contributed by atoms with Crippen LogP contribution in [0.3, 0.4) is 0 Å². The van der Waals surface area contributed by atoms with Gasteiger partial charge in [0, 0.05) is 17.5 Å². The van der Waals surface area contributed by atoms with Gasteiger partial charge in [-0.1, -0.05) is 16.8 Å². The lowest BCUT2D eigenvalue weighted by atomic mass is 10.1. The van der Waals surface area contributed by atoms with Gasteiger partial charge in [-0.3, -0.25) is 0 Å². The standard InChI is InChI=1S/C14H16ClN3O2/c1-19-12-7-9(15)4-5-11(12)14-17-13(20-18-14)8-10-3-2-6-16-10/h4-5,7,10,16H,2-3,6,8H2,1H3. The minimum atomic E-state index is 0.440. The molecule has 1 aromatic heterocycles. The van der Waals surface area contributed by atoms with Gasteiger partial charge in [-0.2, -0.15) is 4.98 Å². The molecule has 0 radical (unpaired) electrons. The normalized spacial score (nSPS) is 18.4. The molecule has 1 fully saturated rings. The summed E-state index contributed by atoms with van der Waals surface area (Å²) in [5.74, 6) is 1.83. The van der Waals surface area contributed by atoms with Crippen molar-refractivity contribution in [3.63, 3.8) is 0 Å². The highest BCUT2D eigenvalue weighted by atomic mass is 35.5. The van der Waals surface area contributed by atoms with E-state index in [-0.39, 0.29) is 0 Å². The van der Waals surface area contributed by atoms with Gasteiger partial charge in [0.1, 0.15) is 5.75 Å². The maximum atomic E-state index is 5.95. The molecule has 6 heteroatoms. The Hall–Kier alpha value is -1.59. The molecule has 1 aliphatic heterocycles. The second-order valence-electron chi connectivity index (χ2n) is 4.85. The summed E-state index contributed by atoms with van der Waals surface area (Å²) in [6.07, 6.45) is 3.13. The Morgan fingerprint density at radius 3 is 3.15 bits per heavy atom. The molecular formula is C14H16ClN3O2. The van der Waals surface area contributed by atoms with Crippen LogP contribution in [0.1, 0.15) is 18.7 Å².